The molecule has 1 amide bonds. The van der Waals surface area contributed by atoms with Crippen molar-refractivity contribution in [2.24, 2.45) is 5.92 Å². The molecule has 0 aromatic heterocycles. The molecule has 1 heterocycles. The molecule has 17 heavy (non-hydrogen) atoms. The second kappa shape index (κ2) is 5.96. The van der Waals surface area contributed by atoms with Crippen LogP contribution in [0.4, 0.5) is 4.79 Å². The summed E-state index contributed by atoms with van der Waals surface area (Å²) in [5, 5.41) is 0. The van der Waals surface area contributed by atoms with Gasteiger partial charge in [0, 0.05) is 13.1 Å². The van der Waals surface area contributed by atoms with E-state index in [-0.39, 0.29) is 6.09 Å². The van der Waals surface area contributed by atoms with Gasteiger partial charge in [-0.25, -0.2) is 4.79 Å². The van der Waals surface area contributed by atoms with Crippen molar-refractivity contribution in [2.75, 3.05) is 18.8 Å². The Bertz CT molecular complexity index is 363. The first-order chi connectivity index (χ1) is 8.29. The zero-order valence-electron chi connectivity index (χ0n) is 9.71. The molecule has 1 aliphatic rings. The monoisotopic (exact) mass is 251 g/mol. The highest BCUT2D eigenvalue weighted by atomic mass is 32.1. The number of carbonyl (C=O) groups excluding carboxylic acids is 1. The minimum absolute atomic E-state index is 0.204. The quantitative estimate of drug-likeness (QED) is 0.833. The van der Waals surface area contributed by atoms with Gasteiger partial charge in [-0.15, -0.1) is 0 Å². The molecule has 0 atom stereocenters. The number of amides is 1. The van der Waals surface area contributed by atoms with Crippen LogP contribution in [0.5, 0.6) is 0 Å². The fourth-order valence-electron chi connectivity index (χ4n) is 1.89. The summed E-state index contributed by atoms with van der Waals surface area (Å²) in [5.74, 6) is 1.49. The van der Waals surface area contributed by atoms with Crippen molar-refractivity contribution in [3.8, 4) is 0 Å². The van der Waals surface area contributed by atoms with Crippen LogP contribution in [-0.2, 0) is 11.3 Å². The summed E-state index contributed by atoms with van der Waals surface area (Å²) in [7, 11) is 0. The molecule has 1 fully saturated rings. The van der Waals surface area contributed by atoms with E-state index in [1.807, 2.05) is 30.3 Å². The highest BCUT2D eigenvalue weighted by Gasteiger charge is 2.30. The Morgan fingerprint density at radius 1 is 1.35 bits per heavy atom. The molecule has 0 unspecified atom stereocenters. The summed E-state index contributed by atoms with van der Waals surface area (Å²) in [6, 6.07) is 9.73. The smallest absolute Gasteiger partial charge is 0.410 e. The van der Waals surface area contributed by atoms with Crippen LogP contribution < -0.4 is 0 Å². The number of carbonyl (C=O) groups is 1. The van der Waals surface area contributed by atoms with Crippen molar-refractivity contribution in [3.63, 3.8) is 0 Å². The molecule has 0 aliphatic carbocycles. The zero-order chi connectivity index (χ0) is 12.1. The van der Waals surface area contributed by atoms with E-state index in [0.29, 0.717) is 12.5 Å². The van der Waals surface area contributed by atoms with E-state index < -0.39 is 0 Å². The summed E-state index contributed by atoms with van der Waals surface area (Å²) in [4.78, 5) is 13.4. The van der Waals surface area contributed by atoms with Crippen LogP contribution in [0.1, 0.15) is 12.0 Å². The van der Waals surface area contributed by atoms with Crippen molar-refractivity contribution in [1.29, 1.82) is 0 Å². The van der Waals surface area contributed by atoms with Crippen molar-refractivity contribution in [2.45, 2.75) is 13.0 Å². The SMILES string of the molecule is O=C(OCc1ccccc1)N1CC(CCS)C1. The van der Waals surface area contributed by atoms with Gasteiger partial charge in [0.15, 0.2) is 0 Å². The Labute approximate surface area is 107 Å². The first-order valence-electron chi connectivity index (χ1n) is 5.86. The molecule has 1 aromatic rings. The lowest BCUT2D eigenvalue weighted by Crippen LogP contribution is -2.50. The third-order valence-electron chi connectivity index (χ3n) is 2.96. The van der Waals surface area contributed by atoms with Gasteiger partial charge in [0.25, 0.3) is 0 Å². The zero-order valence-corrected chi connectivity index (χ0v) is 10.6. The van der Waals surface area contributed by atoms with Gasteiger partial charge in [-0.2, -0.15) is 12.6 Å². The van der Waals surface area contributed by atoms with Crippen LogP contribution in [-0.4, -0.2) is 29.8 Å². The number of nitrogens with zero attached hydrogens (tertiary/aromatic N) is 1. The molecule has 3 nitrogen and oxygen atoms in total. The van der Waals surface area contributed by atoms with Crippen LogP contribution >= 0.6 is 12.6 Å². The molecular formula is C13H17NO2S. The first kappa shape index (κ1) is 12.3. The molecule has 2 rings (SSSR count). The predicted octanol–water partition coefficient (Wildman–Crippen LogP) is 2.57. The molecule has 1 aromatic carbocycles. The van der Waals surface area contributed by atoms with Crippen LogP contribution in [0.3, 0.4) is 0 Å². The van der Waals surface area contributed by atoms with Crippen molar-refractivity contribution in [3.05, 3.63) is 35.9 Å². The number of benzene rings is 1. The van der Waals surface area contributed by atoms with Gasteiger partial charge in [0.1, 0.15) is 6.61 Å². The first-order valence-corrected chi connectivity index (χ1v) is 6.49. The van der Waals surface area contributed by atoms with Gasteiger partial charge < -0.3 is 9.64 Å². The summed E-state index contributed by atoms with van der Waals surface area (Å²) in [5.41, 5.74) is 1.02. The van der Waals surface area contributed by atoms with Gasteiger partial charge in [0.05, 0.1) is 0 Å². The Hall–Kier alpha value is -1.16. The van der Waals surface area contributed by atoms with E-state index in [1.165, 1.54) is 0 Å². The average molecular weight is 251 g/mol. The summed E-state index contributed by atoms with van der Waals surface area (Å²) in [6.45, 7) is 1.98. The largest absolute Gasteiger partial charge is 0.445 e. The third kappa shape index (κ3) is 3.40. The van der Waals surface area contributed by atoms with Crippen molar-refractivity contribution < 1.29 is 9.53 Å². The number of thiol groups is 1. The fraction of sp³-hybridized carbons (Fsp3) is 0.462. The molecule has 0 bridgehead atoms. The minimum Gasteiger partial charge on any atom is -0.445 e. The van der Waals surface area contributed by atoms with Gasteiger partial charge in [-0.3, -0.25) is 0 Å². The van der Waals surface area contributed by atoms with Gasteiger partial charge in [0.2, 0.25) is 0 Å². The maximum atomic E-state index is 11.6. The van der Waals surface area contributed by atoms with Gasteiger partial charge in [-0.05, 0) is 23.7 Å². The number of likely N-dealkylation sites (tertiary alicyclic amines) is 1. The molecule has 1 saturated heterocycles. The molecule has 0 saturated carbocycles. The Morgan fingerprint density at radius 2 is 2.06 bits per heavy atom. The second-order valence-electron chi connectivity index (χ2n) is 4.32. The topological polar surface area (TPSA) is 29.5 Å². The normalized spacial score (nSPS) is 15.5. The summed E-state index contributed by atoms with van der Waals surface area (Å²) < 4.78 is 5.23. The maximum absolute atomic E-state index is 11.6. The van der Waals surface area contributed by atoms with E-state index >= 15 is 0 Å². The molecule has 4 heteroatoms. The average Bonchev–Trinajstić information content (AvgIpc) is 2.31. The van der Waals surface area contributed by atoms with E-state index in [0.717, 1.165) is 30.8 Å². The van der Waals surface area contributed by atoms with Gasteiger partial charge in [-0.1, -0.05) is 30.3 Å². The number of rotatable bonds is 4. The molecule has 0 spiro atoms. The van der Waals surface area contributed by atoms with E-state index in [4.69, 9.17) is 4.74 Å². The van der Waals surface area contributed by atoms with Crippen molar-refractivity contribution >= 4 is 18.7 Å². The standard InChI is InChI=1S/C13H17NO2S/c15-13(14-8-12(9-14)6-7-17)16-10-11-4-2-1-3-5-11/h1-5,12,17H,6-10H2. The van der Waals surface area contributed by atoms with E-state index in [2.05, 4.69) is 12.6 Å². The molecule has 0 N–H and O–H groups in total. The number of hydrogen-bond donors (Lipinski definition) is 1. The Balaban J connectivity index is 1.69. The Morgan fingerprint density at radius 3 is 2.71 bits per heavy atom. The maximum Gasteiger partial charge on any atom is 0.410 e. The van der Waals surface area contributed by atoms with Crippen molar-refractivity contribution in [1.82, 2.24) is 4.90 Å². The molecule has 0 radical (unpaired) electrons. The highest BCUT2D eigenvalue weighted by molar-refractivity contribution is 7.80. The lowest BCUT2D eigenvalue weighted by atomic mass is 9.98. The van der Waals surface area contributed by atoms with Crippen LogP contribution in [0.2, 0.25) is 0 Å². The number of ether oxygens (including phenoxy) is 1. The highest BCUT2D eigenvalue weighted by Crippen LogP contribution is 2.20. The fourth-order valence-corrected chi connectivity index (χ4v) is 2.26. The van der Waals surface area contributed by atoms with Gasteiger partial charge >= 0.3 is 6.09 Å². The lowest BCUT2D eigenvalue weighted by molar-refractivity contribution is 0.0489. The summed E-state index contributed by atoms with van der Waals surface area (Å²) >= 11 is 4.18. The summed E-state index contributed by atoms with van der Waals surface area (Å²) in [6.07, 6.45) is 0.871. The van der Waals surface area contributed by atoms with Crippen LogP contribution in [0.15, 0.2) is 30.3 Å². The van der Waals surface area contributed by atoms with E-state index in [1.54, 1.807) is 4.90 Å². The second-order valence-corrected chi connectivity index (χ2v) is 4.77. The Kier molecular flexibility index (Phi) is 4.31. The lowest BCUT2D eigenvalue weighted by Gasteiger charge is -2.38. The predicted molar refractivity (Wildman–Crippen MR) is 70.2 cm³/mol. The molecule has 92 valence electrons. The third-order valence-corrected chi connectivity index (χ3v) is 3.22. The molecule has 1 aliphatic heterocycles. The minimum atomic E-state index is -0.204. The van der Waals surface area contributed by atoms with E-state index in [9.17, 15) is 4.79 Å². The van der Waals surface area contributed by atoms with Crippen LogP contribution in [0, 0.1) is 5.92 Å². The van der Waals surface area contributed by atoms with Crippen LogP contribution in [0.25, 0.3) is 0 Å². The molecular weight excluding hydrogens is 234 g/mol. The number of hydrogen-bond acceptors (Lipinski definition) is 3.